The van der Waals surface area contributed by atoms with E-state index in [4.69, 9.17) is 17.0 Å². The Morgan fingerprint density at radius 3 is 2.60 bits per heavy atom. The summed E-state index contributed by atoms with van der Waals surface area (Å²) in [6.07, 6.45) is 0.286. The molecule has 1 amide bonds. The van der Waals surface area contributed by atoms with Gasteiger partial charge in [-0.1, -0.05) is 42.5 Å². The second kappa shape index (κ2) is 9.54. The number of nitrogens with zero attached hydrogens (tertiary/aromatic N) is 1. The number of carbonyl (C=O) groups is 2. The first-order chi connectivity index (χ1) is 14.4. The molecule has 3 rings (SSSR count). The number of amides is 1. The maximum atomic E-state index is 12.7. The molecule has 2 N–H and O–H groups in total. The Morgan fingerprint density at radius 2 is 1.90 bits per heavy atom. The molecule has 0 radical (unpaired) electrons. The molecule has 30 heavy (non-hydrogen) atoms. The average Bonchev–Trinajstić information content (AvgIpc) is 2.72. The van der Waals surface area contributed by atoms with Crippen LogP contribution >= 0.6 is 12.2 Å². The Morgan fingerprint density at radius 1 is 1.17 bits per heavy atom. The number of rotatable bonds is 6. The van der Waals surface area contributed by atoms with Crippen LogP contribution in [0.2, 0.25) is 0 Å². The summed E-state index contributed by atoms with van der Waals surface area (Å²) in [5.41, 5.74) is 3.64. The number of ether oxygens (including phenoxy) is 1. The SMILES string of the molecule is CCOC(=O)C1=C(C)N(C)C(=S)NC1c1cccc(NC(=O)Cc2ccccc2)c1. The van der Waals surface area contributed by atoms with Crippen molar-refractivity contribution in [1.82, 2.24) is 10.2 Å². The number of nitrogens with one attached hydrogen (secondary N) is 2. The first-order valence-electron chi connectivity index (χ1n) is 9.76. The standard InChI is InChI=1S/C23H25N3O3S/c1-4-29-22(28)20-15(2)26(3)23(30)25-21(20)17-11-8-12-18(14-17)24-19(27)13-16-9-6-5-7-10-16/h5-12,14,21H,4,13H2,1-3H3,(H,24,27)(H,25,30). The number of hydrogen-bond donors (Lipinski definition) is 2. The van der Waals surface area contributed by atoms with Crippen molar-refractivity contribution < 1.29 is 14.3 Å². The molecule has 1 atom stereocenters. The Labute approximate surface area is 181 Å². The third-order valence-electron chi connectivity index (χ3n) is 4.96. The van der Waals surface area contributed by atoms with E-state index in [1.807, 2.05) is 61.5 Å². The number of thiocarbonyl (C=S) groups is 1. The molecule has 0 spiro atoms. The third kappa shape index (κ3) is 4.86. The van der Waals surface area contributed by atoms with Crippen molar-refractivity contribution in [1.29, 1.82) is 0 Å². The lowest BCUT2D eigenvalue weighted by Gasteiger charge is -2.35. The fourth-order valence-electron chi connectivity index (χ4n) is 3.34. The number of anilines is 1. The monoisotopic (exact) mass is 423 g/mol. The smallest absolute Gasteiger partial charge is 0.338 e. The van der Waals surface area contributed by atoms with Crippen LogP contribution in [0.1, 0.15) is 31.0 Å². The van der Waals surface area contributed by atoms with Crippen molar-refractivity contribution in [3.63, 3.8) is 0 Å². The van der Waals surface area contributed by atoms with Crippen molar-refractivity contribution in [3.8, 4) is 0 Å². The van der Waals surface area contributed by atoms with Crippen molar-refractivity contribution in [2.75, 3.05) is 19.0 Å². The molecular weight excluding hydrogens is 398 g/mol. The molecule has 1 heterocycles. The summed E-state index contributed by atoms with van der Waals surface area (Å²) in [6, 6.07) is 16.5. The van der Waals surface area contributed by atoms with E-state index in [1.54, 1.807) is 18.9 Å². The summed E-state index contributed by atoms with van der Waals surface area (Å²) in [5.74, 6) is -0.497. The quantitative estimate of drug-likeness (QED) is 0.547. The van der Waals surface area contributed by atoms with E-state index in [0.717, 1.165) is 16.8 Å². The third-order valence-corrected chi connectivity index (χ3v) is 5.35. The summed E-state index contributed by atoms with van der Waals surface area (Å²) in [7, 11) is 1.81. The van der Waals surface area contributed by atoms with Gasteiger partial charge >= 0.3 is 5.97 Å². The van der Waals surface area contributed by atoms with Gasteiger partial charge in [-0.2, -0.15) is 0 Å². The predicted molar refractivity (Wildman–Crippen MR) is 121 cm³/mol. The van der Waals surface area contributed by atoms with Gasteiger partial charge in [-0.05, 0) is 49.3 Å². The molecule has 156 valence electrons. The van der Waals surface area contributed by atoms with Crippen LogP contribution in [0.25, 0.3) is 0 Å². The van der Waals surface area contributed by atoms with Crippen LogP contribution in [0.3, 0.4) is 0 Å². The predicted octanol–water partition coefficient (Wildman–Crippen LogP) is 3.57. The zero-order chi connectivity index (χ0) is 21.7. The largest absolute Gasteiger partial charge is 0.463 e. The minimum absolute atomic E-state index is 0.109. The van der Waals surface area contributed by atoms with Crippen molar-refractivity contribution >= 4 is 34.9 Å². The summed E-state index contributed by atoms with van der Waals surface area (Å²) in [6.45, 7) is 3.90. The van der Waals surface area contributed by atoms with Gasteiger partial charge in [0.2, 0.25) is 5.91 Å². The van der Waals surface area contributed by atoms with E-state index >= 15 is 0 Å². The normalized spacial score (nSPS) is 16.2. The average molecular weight is 424 g/mol. The molecular formula is C23H25N3O3S. The molecule has 0 aliphatic carbocycles. The van der Waals surface area contributed by atoms with Crippen LogP contribution in [-0.4, -0.2) is 35.5 Å². The number of hydrogen-bond acceptors (Lipinski definition) is 4. The fourth-order valence-corrected chi connectivity index (χ4v) is 3.60. The molecule has 0 aromatic heterocycles. The molecule has 1 unspecified atom stereocenters. The molecule has 0 fully saturated rings. The molecule has 0 saturated heterocycles. The van der Waals surface area contributed by atoms with E-state index in [1.165, 1.54) is 0 Å². The van der Waals surface area contributed by atoms with Gasteiger partial charge in [0.25, 0.3) is 0 Å². The minimum Gasteiger partial charge on any atom is -0.463 e. The van der Waals surface area contributed by atoms with E-state index in [0.29, 0.717) is 16.4 Å². The van der Waals surface area contributed by atoms with Crippen LogP contribution in [0.15, 0.2) is 65.9 Å². The molecule has 6 nitrogen and oxygen atoms in total. The van der Waals surface area contributed by atoms with E-state index in [2.05, 4.69) is 10.6 Å². The molecule has 0 bridgehead atoms. The highest BCUT2D eigenvalue weighted by Gasteiger charge is 2.33. The van der Waals surface area contributed by atoms with Crippen LogP contribution < -0.4 is 10.6 Å². The van der Waals surface area contributed by atoms with E-state index in [9.17, 15) is 9.59 Å². The second-order valence-corrected chi connectivity index (χ2v) is 7.38. The van der Waals surface area contributed by atoms with Gasteiger partial charge in [-0.15, -0.1) is 0 Å². The lowest BCUT2D eigenvalue weighted by molar-refractivity contribution is -0.139. The van der Waals surface area contributed by atoms with E-state index < -0.39 is 6.04 Å². The van der Waals surface area contributed by atoms with Crippen LogP contribution in [-0.2, 0) is 20.7 Å². The summed E-state index contributed by atoms with van der Waals surface area (Å²) in [5, 5.41) is 6.65. The topological polar surface area (TPSA) is 70.7 Å². The van der Waals surface area contributed by atoms with Gasteiger partial charge in [0, 0.05) is 18.4 Å². The fraction of sp³-hybridized carbons (Fsp3) is 0.261. The van der Waals surface area contributed by atoms with Gasteiger partial charge in [0.1, 0.15) is 0 Å². The molecule has 7 heteroatoms. The first kappa shape index (κ1) is 21.5. The number of allylic oxidation sites excluding steroid dienone is 1. The molecule has 2 aromatic rings. The summed E-state index contributed by atoms with van der Waals surface area (Å²) >= 11 is 5.42. The molecule has 1 aliphatic heterocycles. The Bertz CT molecular complexity index is 988. The second-order valence-electron chi connectivity index (χ2n) is 7.00. The zero-order valence-corrected chi connectivity index (χ0v) is 18.1. The molecule has 1 aliphatic rings. The highest BCUT2D eigenvalue weighted by Crippen LogP contribution is 2.31. The van der Waals surface area contributed by atoms with Crippen LogP contribution in [0.4, 0.5) is 5.69 Å². The highest BCUT2D eigenvalue weighted by molar-refractivity contribution is 7.80. The highest BCUT2D eigenvalue weighted by atomic mass is 32.1. The van der Waals surface area contributed by atoms with Gasteiger partial charge in [-0.25, -0.2) is 4.79 Å². The maximum Gasteiger partial charge on any atom is 0.338 e. The Balaban J connectivity index is 1.85. The number of benzene rings is 2. The molecule has 0 saturated carbocycles. The number of carbonyl (C=O) groups excluding carboxylic acids is 2. The minimum atomic E-state index is -0.460. The Kier molecular flexibility index (Phi) is 6.84. The van der Waals surface area contributed by atoms with Crippen molar-refractivity contribution in [2.45, 2.75) is 26.3 Å². The van der Waals surface area contributed by atoms with Gasteiger partial charge < -0.3 is 20.3 Å². The lowest BCUT2D eigenvalue weighted by Crippen LogP contribution is -2.46. The lowest BCUT2D eigenvalue weighted by atomic mass is 9.95. The Hall–Kier alpha value is -3.19. The van der Waals surface area contributed by atoms with Crippen molar-refractivity contribution in [2.24, 2.45) is 0 Å². The summed E-state index contributed by atoms with van der Waals surface area (Å²) < 4.78 is 5.27. The molecule has 2 aromatic carbocycles. The van der Waals surface area contributed by atoms with Gasteiger partial charge in [0.05, 0.1) is 24.6 Å². The van der Waals surface area contributed by atoms with Crippen molar-refractivity contribution in [3.05, 3.63) is 77.0 Å². The van der Waals surface area contributed by atoms with Gasteiger partial charge in [-0.3, -0.25) is 4.79 Å². The number of esters is 1. The first-order valence-corrected chi connectivity index (χ1v) is 10.2. The maximum absolute atomic E-state index is 12.7. The summed E-state index contributed by atoms with van der Waals surface area (Å²) in [4.78, 5) is 26.8. The van der Waals surface area contributed by atoms with E-state index in [-0.39, 0.29) is 24.9 Å². The van der Waals surface area contributed by atoms with Crippen LogP contribution in [0, 0.1) is 0 Å². The zero-order valence-electron chi connectivity index (χ0n) is 17.3. The van der Waals surface area contributed by atoms with Gasteiger partial charge in [0.15, 0.2) is 5.11 Å². The van der Waals surface area contributed by atoms with Crippen LogP contribution in [0.5, 0.6) is 0 Å².